The summed E-state index contributed by atoms with van der Waals surface area (Å²) in [4.78, 5) is 14.4. The van der Waals surface area contributed by atoms with Gasteiger partial charge in [0.05, 0.1) is 7.11 Å². The number of rotatable bonds is 3. The lowest BCUT2D eigenvalue weighted by molar-refractivity contribution is -0.147. The summed E-state index contributed by atoms with van der Waals surface area (Å²) in [6, 6.07) is 8.06. The van der Waals surface area contributed by atoms with E-state index in [0.717, 1.165) is 31.7 Å². The average molecular weight is 290 g/mol. The highest BCUT2D eigenvalue weighted by Crippen LogP contribution is 2.27. The largest absolute Gasteiger partial charge is 0.468 e. The number of nitrogens with one attached hydrogen (secondary N) is 1. The molecule has 1 aromatic rings. The summed E-state index contributed by atoms with van der Waals surface area (Å²) in [5.41, 5.74) is 2.40. The minimum atomic E-state index is -0.300. The molecule has 4 nitrogen and oxygen atoms in total. The first-order valence-corrected chi connectivity index (χ1v) is 7.56. The van der Waals surface area contributed by atoms with Gasteiger partial charge >= 0.3 is 5.97 Å². The van der Waals surface area contributed by atoms with E-state index in [1.165, 1.54) is 12.7 Å². The molecule has 1 unspecified atom stereocenters. The molecule has 1 aliphatic rings. The van der Waals surface area contributed by atoms with Crippen molar-refractivity contribution in [2.45, 2.75) is 32.2 Å². The molecule has 1 heterocycles. The van der Waals surface area contributed by atoms with Crippen LogP contribution in [0.1, 0.15) is 37.9 Å². The van der Waals surface area contributed by atoms with Crippen molar-refractivity contribution in [2.75, 3.05) is 33.3 Å². The quantitative estimate of drug-likeness (QED) is 0.866. The minimum Gasteiger partial charge on any atom is -0.468 e. The molecule has 2 rings (SSSR count). The van der Waals surface area contributed by atoms with Gasteiger partial charge in [0.15, 0.2) is 0 Å². The Balaban J connectivity index is 2.26. The fourth-order valence-corrected chi connectivity index (χ4v) is 2.71. The number of carbonyl (C=O) groups excluding carboxylic acids is 1. The van der Waals surface area contributed by atoms with Crippen molar-refractivity contribution in [1.29, 1.82) is 0 Å². The molecule has 0 bridgehead atoms. The summed E-state index contributed by atoms with van der Waals surface area (Å²) in [5, 5.41) is 3.31. The first kappa shape index (κ1) is 16.0. The fraction of sp³-hybridized carbons (Fsp3) is 0.588. The van der Waals surface area contributed by atoms with E-state index >= 15 is 0 Å². The van der Waals surface area contributed by atoms with Gasteiger partial charge < -0.3 is 10.1 Å². The van der Waals surface area contributed by atoms with E-state index in [9.17, 15) is 4.79 Å². The van der Waals surface area contributed by atoms with Crippen LogP contribution < -0.4 is 5.32 Å². The van der Waals surface area contributed by atoms with E-state index in [2.05, 4.69) is 55.3 Å². The van der Waals surface area contributed by atoms with E-state index in [4.69, 9.17) is 4.74 Å². The molecule has 0 saturated carbocycles. The Labute approximate surface area is 127 Å². The summed E-state index contributed by atoms with van der Waals surface area (Å²) in [7, 11) is 1.46. The Morgan fingerprint density at radius 3 is 2.24 bits per heavy atom. The molecular formula is C17H26N2O2. The molecule has 1 aromatic carbocycles. The Hall–Kier alpha value is -1.39. The summed E-state index contributed by atoms with van der Waals surface area (Å²) in [6.45, 7) is 10.1. The number of benzene rings is 1. The van der Waals surface area contributed by atoms with Gasteiger partial charge in [-0.1, -0.05) is 45.0 Å². The number of carbonyl (C=O) groups is 1. The number of esters is 1. The molecule has 21 heavy (non-hydrogen) atoms. The van der Waals surface area contributed by atoms with Crippen molar-refractivity contribution in [3.05, 3.63) is 35.4 Å². The summed E-state index contributed by atoms with van der Waals surface area (Å²) >= 11 is 0. The van der Waals surface area contributed by atoms with Crippen LogP contribution in [-0.4, -0.2) is 44.2 Å². The number of nitrogens with zero attached hydrogens (tertiary/aromatic N) is 1. The molecule has 1 atom stereocenters. The van der Waals surface area contributed by atoms with Crippen LogP contribution in [0.5, 0.6) is 0 Å². The van der Waals surface area contributed by atoms with Gasteiger partial charge in [0.2, 0.25) is 0 Å². The number of ether oxygens (including phenoxy) is 1. The van der Waals surface area contributed by atoms with Crippen LogP contribution in [0, 0.1) is 0 Å². The minimum absolute atomic E-state index is 0.119. The van der Waals surface area contributed by atoms with Crippen molar-refractivity contribution in [3.63, 3.8) is 0 Å². The maximum Gasteiger partial charge on any atom is 0.327 e. The van der Waals surface area contributed by atoms with Crippen molar-refractivity contribution in [3.8, 4) is 0 Å². The first-order chi connectivity index (χ1) is 9.93. The van der Waals surface area contributed by atoms with Crippen molar-refractivity contribution in [2.24, 2.45) is 0 Å². The highest BCUT2D eigenvalue weighted by atomic mass is 16.5. The average Bonchev–Trinajstić information content (AvgIpc) is 2.48. The second kappa shape index (κ2) is 6.58. The normalized spacial score (nSPS) is 18.3. The maximum atomic E-state index is 12.2. The fourth-order valence-electron chi connectivity index (χ4n) is 2.71. The lowest BCUT2D eigenvalue weighted by Crippen LogP contribution is -2.47. The summed E-state index contributed by atoms with van der Waals surface area (Å²) < 4.78 is 5.02. The zero-order valence-corrected chi connectivity index (χ0v) is 13.5. The zero-order chi connectivity index (χ0) is 15.5. The molecule has 4 heteroatoms. The van der Waals surface area contributed by atoms with Gasteiger partial charge in [-0.15, -0.1) is 0 Å². The van der Waals surface area contributed by atoms with E-state index in [1.54, 1.807) is 0 Å². The number of hydrogen-bond acceptors (Lipinski definition) is 4. The van der Waals surface area contributed by atoms with E-state index in [-0.39, 0.29) is 17.4 Å². The van der Waals surface area contributed by atoms with Crippen LogP contribution in [-0.2, 0) is 14.9 Å². The summed E-state index contributed by atoms with van der Waals surface area (Å²) in [6.07, 6.45) is 0. The molecule has 1 saturated heterocycles. The third-order valence-corrected chi connectivity index (χ3v) is 4.03. The molecule has 1 aliphatic heterocycles. The second-order valence-electron chi connectivity index (χ2n) is 6.58. The van der Waals surface area contributed by atoms with Gasteiger partial charge in [-0.05, 0) is 16.5 Å². The van der Waals surface area contributed by atoms with Crippen LogP contribution in [0.15, 0.2) is 24.3 Å². The molecule has 1 fully saturated rings. The molecule has 0 aliphatic carbocycles. The predicted molar refractivity (Wildman–Crippen MR) is 84.3 cm³/mol. The Morgan fingerprint density at radius 2 is 1.76 bits per heavy atom. The van der Waals surface area contributed by atoms with Crippen LogP contribution >= 0.6 is 0 Å². The highest BCUT2D eigenvalue weighted by molar-refractivity contribution is 5.77. The molecule has 0 aromatic heterocycles. The Bertz CT molecular complexity index is 471. The monoisotopic (exact) mass is 290 g/mol. The first-order valence-electron chi connectivity index (χ1n) is 7.56. The third-order valence-electron chi connectivity index (χ3n) is 4.03. The zero-order valence-electron chi connectivity index (χ0n) is 13.5. The van der Waals surface area contributed by atoms with Gasteiger partial charge in [-0.25, -0.2) is 4.79 Å². The molecule has 0 spiro atoms. The molecule has 0 amide bonds. The second-order valence-corrected chi connectivity index (χ2v) is 6.58. The summed E-state index contributed by atoms with van der Waals surface area (Å²) in [5.74, 6) is -0.180. The van der Waals surface area contributed by atoms with Crippen molar-refractivity contribution >= 4 is 5.97 Å². The lowest BCUT2D eigenvalue weighted by atomic mass is 9.86. The maximum absolute atomic E-state index is 12.2. The Kier molecular flexibility index (Phi) is 5.01. The van der Waals surface area contributed by atoms with E-state index in [1.807, 2.05) is 0 Å². The van der Waals surface area contributed by atoms with Gasteiger partial charge in [0.1, 0.15) is 6.04 Å². The standard InChI is InChI=1S/C17H26N2O2/c1-17(2,3)14-7-5-13(6-8-14)15(16(20)21-4)19-11-9-18-10-12-19/h5-8,15,18H,9-12H2,1-4H3. The van der Waals surface area contributed by atoms with Crippen LogP contribution in [0.2, 0.25) is 0 Å². The molecule has 0 radical (unpaired) electrons. The van der Waals surface area contributed by atoms with Crippen molar-refractivity contribution < 1.29 is 9.53 Å². The Morgan fingerprint density at radius 1 is 1.19 bits per heavy atom. The molecular weight excluding hydrogens is 264 g/mol. The van der Waals surface area contributed by atoms with Crippen LogP contribution in [0.25, 0.3) is 0 Å². The number of methoxy groups -OCH3 is 1. The highest BCUT2D eigenvalue weighted by Gasteiger charge is 2.29. The van der Waals surface area contributed by atoms with Gasteiger partial charge in [-0.3, -0.25) is 4.90 Å². The lowest BCUT2D eigenvalue weighted by Gasteiger charge is -2.33. The van der Waals surface area contributed by atoms with Gasteiger partial charge in [0, 0.05) is 26.2 Å². The topological polar surface area (TPSA) is 41.6 Å². The SMILES string of the molecule is COC(=O)C(c1ccc(C(C)(C)C)cc1)N1CCNCC1. The van der Waals surface area contributed by atoms with Crippen LogP contribution in [0.4, 0.5) is 0 Å². The molecule has 1 N–H and O–H groups in total. The van der Waals surface area contributed by atoms with Gasteiger partial charge in [0.25, 0.3) is 0 Å². The van der Waals surface area contributed by atoms with Crippen LogP contribution in [0.3, 0.4) is 0 Å². The third kappa shape index (κ3) is 3.83. The van der Waals surface area contributed by atoms with Crippen molar-refractivity contribution in [1.82, 2.24) is 10.2 Å². The predicted octanol–water partition coefficient (Wildman–Crippen LogP) is 2.10. The van der Waals surface area contributed by atoms with E-state index < -0.39 is 0 Å². The number of hydrogen-bond donors (Lipinski definition) is 1. The van der Waals surface area contributed by atoms with Gasteiger partial charge in [-0.2, -0.15) is 0 Å². The number of piperazine rings is 1. The molecule has 116 valence electrons. The smallest absolute Gasteiger partial charge is 0.327 e. The van der Waals surface area contributed by atoms with E-state index in [0.29, 0.717) is 0 Å².